The zero-order valence-electron chi connectivity index (χ0n) is 9.76. The van der Waals surface area contributed by atoms with Crippen LogP contribution in [0.2, 0.25) is 0 Å². The van der Waals surface area contributed by atoms with Crippen LogP contribution in [0, 0.1) is 0 Å². The maximum absolute atomic E-state index is 11.9. The molecule has 1 aliphatic rings. The Labute approximate surface area is 102 Å². The molecule has 100 valence electrons. The van der Waals surface area contributed by atoms with Crippen LogP contribution in [-0.2, 0) is 24.2 Å². The van der Waals surface area contributed by atoms with E-state index in [-0.39, 0.29) is 6.54 Å². The molecule has 0 unspecified atom stereocenters. The summed E-state index contributed by atoms with van der Waals surface area (Å²) in [6.45, 7) is -1.39. The third-order valence-electron chi connectivity index (χ3n) is 2.91. The molecule has 1 aromatic rings. The van der Waals surface area contributed by atoms with E-state index in [1.807, 2.05) is 5.32 Å². The van der Waals surface area contributed by atoms with Gasteiger partial charge in [-0.3, -0.25) is 4.79 Å². The van der Waals surface area contributed by atoms with E-state index in [0.717, 1.165) is 37.1 Å². The van der Waals surface area contributed by atoms with Gasteiger partial charge in [0.1, 0.15) is 13.1 Å². The molecule has 4 nitrogen and oxygen atoms in total. The number of aromatic nitrogens is 2. The van der Waals surface area contributed by atoms with Gasteiger partial charge in [0.25, 0.3) is 0 Å². The summed E-state index contributed by atoms with van der Waals surface area (Å²) in [4.78, 5) is 15.6. The summed E-state index contributed by atoms with van der Waals surface area (Å²) < 4.78 is 37.4. The van der Waals surface area contributed by atoms with Crippen LogP contribution in [0.25, 0.3) is 0 Å². The van der Waals surface area contributed by atoms with Gasteiger partial charge < -0.3 is 9.88 Å². The molecule has 1 heterocycles. The molecule has 0 spiro atoms. The van der Waals surface area contributed by atoms with Crippen molar-refractivity contribution in [3.63, 3.8) is 0 Å². The van der Waals surface area contributed by atoms with Crippen LogP contribution in [0.3, 0.4) is 0 Å². The van der Waals surface area contributed by atoms with E-state index >= 15 is 0 Å². The normalized spacial score (nSPS) is 15.3. The van der Waals surface area contributed by atoms with Gasteiger partial charge in [0.05, 0.1) is 12.0 Å². The highest BCUT2D eigenvalue weighted by Gasteiger charge is 2.27. The van der Waals surface area contributed by atoms with Gasteiger partial charge in [0.15, 0.2) is 0 Å². The number of alkyl halides is 3. The number of nitrogens with one attached hydrogen (secondary N) is 1. The van der Waals surface area contributed by atoms with Crippen molar-refractivity contribution >= 4 is 5.91 Å². The highest BCUT2D eigenvalue weighted by molar-refractivity contribution is 5.75. The first-order chi connectivity index (χ1) is 8.46. The smallest absolute Gasteiger partial charge is 0.345 e. The molecule has 0 atom stereocenters. The topological polar surface area (TPSA) is 46.9 Å². The molecule has 1 aromatic heterocycles. The Morgan fingerprint density at radius 1 is 1.39 bits per heavy atom. The van der Waals surface area contributed by atoms with Gasteiger partial charge >= 0.3 is 6.18 Å². The molecule has 18 heavy (non-hydrogen) atoms. The lowest BCUT2D eigenvalue weighted by molar-refractivity contribution is -0.138. The number of aryl methyl sites for hydroxylation is 1. The highest BCUT2D eigenvalue weighted by atomic mass is 19.4. The van der Waals surface area contributed by atoms with Crippen molar-refractivity contribution in [2.24, 2.45) is 0 Å². The second kappa shape index (κ2) is 4.99. The molecule has 1 aliphatic carbocycles. The molecule has 0 saturated carbocycles. The summed E-state index contributed by atoms with van der Waals surface area (Å²) in [5.41, 5.74) is 1.94. The lowest BCUT2D eigenvalue weighted by atomic mass is 10.0. The maximum Gasteiger partial charge on any atom is 0.405 e. The molecule has 0 aliphatic heterocycles. The molecule has 0 saturated heterocycles. The number of fused-ring (bicyclic) bond motifs is 1. The SMILES string of the molecule is O=C(Cn1cnc2c1CCCC2)NCC(F)(F)F. The van der Waals surface area contributed by atoms with E-state index in [1.54, 1.807) is 4.57 Å². The van der Waals surface area contributed by atoms with Gasteiger partial charge in [-0.1, -0.05) is 0 Å². The first-order valence-electron chi connectivity index (χ1n) is 5.82. The number of hydrogen-bond donors (Lipinski definition) is 1. The van der Waals surface area contributed by atoms with Crippen molar-refractivity contribution in [1.82, 2.24) is 14.9 Å². The summed E-state index contributed by atoms with van der Waals surface area (Å²) in [7, 11) is 0. The predicted octanol–water partition coefficient (Wildman–Crippen LogP) is 1.44. The second-order valence-electron chi connectivity index (χ2n) is 4.36. The van der Waals surface area contributed by atoms with E-state index in [2.05, 4.69) is 4.98 Å². The van der Waals surface area contributed by atoms with E-state index in [1.165, 1.54) is 6.33 Å². The molecule has 0 aromatic carbocycles. The maximum atomic E-state index is 11.9. The van der Waals surface area contributed by atoms with Crippen molar-refractivity contribution < 1.29 is 18.0 Å². The molecular weight excluding hydrogens is 247 g/mol. The van der Waals surface area contributed by atoms with Crippen LogP contribution in [0.4, 0.5) is 13.2 Å². The molecule has 2 rings (SSSR count). The van der Waals surface area contributed by atoms with Gasteiger partial charge in [0, 0.05) is 5.69 Å². The number of amides is 1. The Kier molecular flexibility index (Phi) is 3.58. The minimum absolute atomic E-state index is 0.0988. The van der Waals surface area contributed by atoms with Crippen molar-refractivity contribution in [3.8, 4) is 0 Å². The molecule has 1 N–H and O–H groups in total. The average molecular weight is 261 g/mol. The average Bonchev–Trinajstić information content (AvgIpc) is 2.70. The zero-order valence-corrected chi connectivity index (χ0v) is 9.76. The predicted molar refractivity (Wildman–Crippen MR) is 57.9 cm³/mol. The molecular formula is C11H14F3N3O. The Hall–Kier alpha value is -1.53. The van der Waals surface area contributed by atoms with Crippen LogP contribution in [0.15, 0.2) is 6.33 Å². The van der Waals surface area contributed by atoms with E-state index in [0.29, 0.717) is 0 Å². The van der Waals surface area contributed by atoms with E-state index in [4.69, 9.17) is 0 Å². The van der Waals surface area contributed by atoms with Crippen molar-refractivity contribution in [3.05, 3.63) is 17.7 Å². The minimum Gasteiger partial charge on any atom is -0.345 e. The number of rotatable bonds is 3. The summed E-state index contributed by atoms with van der Waals surface area (Å²) in [6.07, 6.45) is 0.981. The Morgan fingerprint density at radius 3 is 2.83 bits per heavy atom. The first-order valence-corrected chi connectivity index (χ1v) is 5.82. The molecule has 0 bridgehead atoms. The van der Waals surface area contributed by atoms with Gasteiger partial charge in [-0.2, -0.15) is 13.2 Å². The van der Waals surface area contributed by atoms with Crippen molar-refractivity contribution in [2.75, 3.05) is 6.54 Å². The molecule has 0 radical (unpaired) electrons. The molecule has 0 fully saturated rings. The Bertz CT molecular complexity index is 439. The second-order valence-corrected chi connectivity index (χ2v) is 4.36. The third kappa shape index (κ3) is 3.24. The minimum atomic E-state index is -4.37. The number of nitrogens with zero attached hydrogens (tertiary/aromatic N) is 2. The van der Waals surface area contributed by atoms with Crippen LogP contribution < -0.4 is 5.32 Å². The summed E-state index contributed by atoms with van der Waals surface area (Å²) >= 11 is 0. The van der Waals surface area contributed by atoms with Crippen LogP contribution in [0.1, 0.15) is 24.2 Å². The summed E-state index contributed by atoms with van der Waals surface area (Å²) in [5.74, 6) is -0.641. The lowest BCUT2D eigenvalue weighted by Gasteiger charge is -2.14. The van der Waals surface area contributed by atoms with Crippen LogP contribution >= 0.6 is 0 Å². The summed E-state index contributed by atoms with van der Waals surface area (Å²) in [6, 6.07) is 0. The fourth-order valence-corrected chi connectivity index (χ4v) is 2.08. The van der Waals surface area contributed by atoms with Crippen molar-refractivity contribution in [1.29, 1.82) is 0 Å². The molecule has 7 heteroatoms. The van der Waals surface area contributed by atoms with E-state index in [9.17, 15) is 18.0 Å². The number of halogens is 3. The Balaban J connectivity index is 1.93. The van der Waals surface area contributed by atoms with E-state index < -0.39 is 18.6 Å². The van der Waals surface area contributed by atoms with Crippen molar-refractivity contribution in [2.45, 2.75) is 38.4 Å². The fourth-order valence-electron chi connectivity index (χ4n) is 2.08. The van der Waals surface area contributed by atoms with Gasteiger partial charge in [0.2, 0.25) is 5.91 Å². The number of hydrogen-bond acceptors (Lipinski definition) is 2. The van der Waals surface area contributed by atoms with Gasteiger partial charge in [-0.15, -0.1) is 0 Å². The standard InChI is InChI=1S/C11H14F3N3O/c12-11(13,14)6-15-10(18)5-17-7-16-8-3-1-2-4-9(8)17/h7H,1-6H2,(H,15,18). The lowest BCUT2D eigenvalue weighted by Crippen LogP contribution is -2.36. The number of carbonyl (C=O) groups is 1. The number of imidazole rings is 1. The number of carbonyl (C=O) groups excluding carboxylic acids is 1. The monoisotopic (exact) mass is 261 g/mol. The first kappa shape index (κ1) is 12.9. The zero-order chi connectivity index (χ0) is 13.2. The third-order valence-corrected chi connectivity index (χ3v) is 2.91. The molecule has 1 amide bonds. The summed E-state index contributed by atoms with van der Waals surface area (Å²) in [5, 5.41) is 1.86. The highest BCUT2D eigenvalue weighted by Crippen LogP contribution is 2.19. The van der Waals surface area contributed by atoms with Crippen LogP contribution in [-0.4, -0.2) is 28.2 Å². The largest absolute Gasteiger partial charge is 0.405 e. The Morgan fingerprint density at radius 2 is 2.11 bits per heavy atom. The van der Waals surface area contributed by atoms with Crippen LogP contribution in [0.5, 0.6) is 0 Å². The van der Waals surface area contributed by atoms with Gasteiger partial charge in [-0.05, 0) is 25.7 Å². The van der Waals surface area contributed by atoms with Gasteiger partial charge in [-0.25, -0.2) is 4.98 Å². The quantitative estimate of drug-likeness (QED) is 0.895. The fraction of sp³-hybridized carbons (Fsp3) is 0.636.